The number of benzene rings is 2. The molecule has 0 heterocycles. The molecule has 0 saturated heterocycles. The summed E-state index contributed by atoms with van der Waals surface area (Å²) in [7, 11) is -3.89. The molecule has 0 fully saturated rings. The van der Waals surface area contributed by atoms with Gasteiger partial charge in [0.15, 0.2) is 0 Å². The van der Waals surface area contributed by atoms with Gasteiger partial charge in [-0.25, -0.2) is 4.79 Å². The number of aromatic hydroxyl groups is 1. The summed E-state index contributed by atoms with van der Waals surface area (Å²) in [6.07, 6.45) is 0.784. The molecule has 0 aliphatic carbocycles. The Hall–Kier alpha value is -2.34. The van der Waals surface area contributed by atoms with Gasteiger partial charge in [0.1, 0.15) is 5.75 Å². The normalized spacial score (nSPS) is 11.1. The zero-order valence-corrected chi connectivity index (χ0v) is 11.4. The van der Waals surface area contributed by atoms with Crippen LogP contribution in [-0.2, 0) is 14.3 Å². The molecule has 0 amide bonds. The van der Waals surface area contributed by atoms with Crippen LogP contribution in [0.5, 0.6) is 5.75 Å². The molecule has 0 aliphatic heterocycles. The van der Waals surface area contributed by atoms with E-state index in [9.17, 15) is 18.3 Å². The van der Waals surface area contributed by atoms with Crippen LogP contribution in [-0.4, -0.2) is 25.7 Å². The molecule has 0 radical (unpaired) electrons. The van der Waals surface area contributed by atoms with Crippen molar-refractivity contribution in [1.82, 2.24) is 0 Å². The third kappa shape index (κ3) is 3.58. The number of hydrogen-bond donors (Lipinski definition) is 1. The van der Waals surface area contributed by atoms with Crippen LogP contribution in [0.25, 0.3) is 11.1 Å². The molecule has 0 aliphatic rings. The average Bonchev–Trinajstić information content (AvgIpc) is 2.37. The van der Waals surface area contributed by atoms with Gasteiger partial charge in [-0.1, -0.05) is 30.3 Å². The zero-order valence-electron chi connectivity index (χ0n) is 10.6. The van der Waals surface area contributed by atoms with Crippen LogP contribution in [0, 0.1) is 0 Å². The molecule has 104 valence electrons. The lowest BCUT2D eigenvalue weighted by Crippen LogP contribution is -2.11. The number of carbonyl (C=O) groups is 1. The van der Waals surface area contributed by atoms with Crippen molar-refractivity contribution in [1.29, 1.82) is 0 Å². The van der Waals surface area contributed by atoms with Crippen molar-refractivity contribution in [3.8, 4) is 16.9 Å². The predicted octanol–water partition coefficient (Wildman–Crippen LogP) is 2.18. The highest BCUT2D eigenvalue weighted by Crippen LogP contribution is 2.25. The van der Waals surface area contributed by atoms with Crippen LogP contribution in [0.2, 0.25) is 0 Å². The number of rotatable bonds is 3. The minimum Gasteiger partial charge on any atom is -0.508 e. The monoisotopic (exact) mass is 292 g/mol. The van der Waals surface area contributed by atoms with Crippen LogP contribution in [0.3, 0.4) is 0 Å². The summed E-state index contributed by atoms with van der Waals surface area (Å²) < 4.78 is 26.2. The average molecular weight is 292 g/mol. The van der Waals surface area contributed by atoms with E-state index in [4.69, 9.17) is 0 Å². The fourth-order valence-electron chi connectivity index (χ4n) is 1.71. The molecule has 2 aromatic rings. The predicted molar refractivity (Wildman–Crippen MR) is 73.8 cm³/mol. The third-order valence-corrected chi connectivity index (χ3v) is 2.94. The second kappa shape index (κ2) is 5.34. The highest BCUT2D eigenvalue weighted by Gasteiger charge is 2.15. The van der Waals surface area contributed by atoms with Crippen molar-refractivity contribution < 1.29 is 22.5 Å². The first-order chi connectivity index (χ1) is 9.35. The van der Waals surface area contributed by atoms with Crippen LogP contribution in [0.15, 0.2) is 48.5 Å². The molecule has 0 bridgehead atoms. The first-order valence-electron chi connectivity index (χ1n) is 5.68. The summed E-state index contributed by atoms with van der Waals surface area (Å²) in [5.41, 5.74) is 1.34. The number of phenolic OH excluding ortho intramolecular Hbond substituents is 1. The van der Waals surface area contributed by atoms with Crippen molar-refractivity contribution in [3.63, 3.8) is 0 Å². The summed E-state index contributed by atoms with van der Waals surface area (Å²) in [4.78, 5) is 11.7. The van der Waals surface area contributed by atoms with Gasteiger partial charge < -0.3 is 9.29 Å². The Morgan fingerprint density at radius 2 is 1.70 bits per heavy atom. The molecule has 2 aromatic carbocycles. The maximum atomic E-state index is 11.7. The van der Waals surface area contributed by atoms with Crippen molar-refractivity contribution in [2.45, 2.75) is 0 Å². The van der Waals surface area contributed by atoms with E-state index in [2.05, 4.69) is 4.18 Å². The molecule has 0 spiro atoms. The Morgan fingerprint density at radius 1 is 1.05 bits per heavy atom. The van der Waals surface area contributed by atoms with Gasteiger partial charge in [0.2, 0.25) is 0 Å². The lowest BCUT2D eigenvalue weighted by atomic mass is 10.0. The number of hydrogen-bond acceptors (Lipinski definition) is 5. The van der Waals surface area contributed by atoms with E-state index in [1.54, 1.807) is 12.1 Å². The Bertz CT molecular complexity index is 735. The van der Waals surface area contributed by atoms with E-state index in [-0.39, 0.29) is 11.3 Å². The summed E-state index contributed by atoms with van der Waals surface area (Å²) in [6, 6.07) is 13.2. The Morgan fingerprint density at radius 3 is 2.30 bits per heavy atom. The topological polar surface area (TPSA) is 80.7 Å². The Balaban J connectivity index is 2.42. The standard InChI is InChI=1S/C14H12O5S/c1-20(17,18)19-14(16)12-7-11(8-13(15)9-12)10-5-3-2-4-6-10/h2-9,15H,1H3. The molecule has 0 unspecified atom stereocenters. The highest BCUT2D eigenvalue weighted by atomic mass is 32.2. The quantitative estimate of drug-likeness (QED) is 0.877. The highest BCUT2D eigenvalue weighted by molar-refractivity contribution is 7.86. The molecule has 6 heteroatoms. The van der Waals surface area contributed by atoms with Crippen molar-refractivity contribution in [2.75, 3.05) is 6.26 Å². The smallest absolute Gasteiger partial charge is 0.353 e. The summed E-state index contributed by atoms with van der Waals surface area (Å²) in [5.74, 6) is -1.17. The number of carbonyl (C=O) groups excluding carboxylic acids is 1. The Kier molecular flexibility index (Phi) is 3.76. The van der Waals surface area contributed by atoms with E-state index in [0.29, 0.717) is 5.56 Å². The van der Waals surface area contributed by atoms with Gasteiger partial charge in [0, 0.05) is 0 Å². The minimum atomic E-state index is -3.89. The second-order valence-electron chi connectivity index (χ2n) is 4.21. The Labute approximate surface area is 116 Å². The fraction of sp³-hybridized carbons (Fsp3) is 0.0714. The molecule has 2 rings (SSSR count). The molecule has 0 atom stereocenters. The SMILES string of the molecule is CS(=O)(=O)OC(=O)c1cc(O)cc(-c2ccccc2)c1. The van der Waals surface area contributed by atoms with Gasteiger partial charge in [0.05, 0.1) is 11.8 Å². The van der Waals surface area contributed by atoms with Gasteiger partial charge in [-0.2, -0.15) is 8.42 Å². The van der Waals surface area contributed by atoms with Gasteiger partial charge in [-0.05, 0) is 29.3 Å². The largest absolute Gasteiger partial charge is 0.508 e. The van der Waals surface area contributed by atoms with E-state index in [0.717, 1.165) is 17.9 Å². The second-order valence-corrected chi connectivity index (χ2v) is 5.78. The van der Waals surface area contributed by atoms with Crippen LogP contribution in [0.1, 0.15) is 10.4 Å². The van der Waals surface area contributed by atoms with Gasteiger partial charge in [0.25, 0.3) is 0 Å². The molecular weight excluding hydrogens is 280 g/mol. The first kappa shape index (κ1) is 14.1. The minimum absolute atomic E-state index is 0.0331. The molecule has 1 N–H and O–H groups in total. The van der Waals surface area contributed by atoms with E-state index in [1.165, 1.54) is 12.1 Å². The molecule has 20 heavy (non-hydrogen) atoms. The molecule has 0 aromatic heterocycles. The lowest BCUT2D eigenvalue weighted by molar-refractivity contribution is 0.0748. The first-order valence-corrected chi connectivity index (χ1v) is 7.50. The summed E-state index contributed by atoms with van der Waals surface area (Å²) in [6.45, 7) is 0. The van der Waals surface area contributed by atoms with Crippen LogP contribution >= 0.6 is 0 Å². The molecule has 0 saturated carbocycles. The number of phenols is 1. The van der Waals surface area contributed by atoms with Gasteiger partial charge in [-0.15, -0.1) is 0 Å². The maximum Gasteiger partial charge on any atom is 0.353 e. The molecular formula is C14H12O5S. The van der Waals surface area contributed by atoms with E-state index in [1.807, 2.05) is 18.2 Å². The summed E-state index contributed by atoms with van der Waals surface area (Å²) in [5, 5.41) is 9.65. The van der Waals surface area contributed by atoms with Crippen molar-refractivity contribution in [2.24, 2.45) is 0 Å². The van der Waals surface area contributed by atoms with Gasteiger partial charge in [-0.3, -0.25) is 0 Å². The van der Waals surface area contributed by atoms with E-state index < -0.39 is 16.1 Å². The van der Waals surface area contributed by atoms with Gasteiger partial charge >= 0.3 is 16.1 Å². The lowest BCUT2D eigenvalue weighted by Gasteiger charge is -2.06. The van der Waals surface area contributed by atoms with Crippen molar-refractivity contribution in [3.05, 3.63) is 54.1 Å². The van der Waals surface area contributed by atoms with E-state index >= 15 is 0 Å². The maximum absolute atomic E-state index is 11.7. The zero-order chi connectivity index (χ0) is 14.8. The fourth-order valence-corrected chi connectivity index (χ4v) is 2.08. The molecule has 5 nitrogen and oxygen atoms in total. The van der Waals surface area contributed by atoms with Crippen LogP contribution < -0.4 is 0 Å². The van der Waals surface area contributed by atoms with Crippen LogP contribution in [0.4, 0.5) is 0 Å². The third-order valence-electron chi connectivity index (χ3n) is 2.49. The van der Waals surface area contributed by atoms with Crippen molar-refractivity contribution >= 4 is 16.1 Å². The summed E-state index contributed by atoms with van der Waals surface area (Å²) >= 11 is 0.